The minimum atomic E-state index is 0.527. The van der Waals surface area contributed by atoms with Gasteiger partial charge in [-0.1, -0.05) is 6.07 Å². The van der Waals surface area contributed by atoms with Crippen molar-refractivity contribution in [1.82, 2.24) is 24.6 Å². The molecule has 27 heavy (non-hydrogen) atoms. The second-order valence-electron chi connectivity index (χ2n) is 7.06. The molecule has 0 aliphatic carbocycles. The molecular weight excluding hydrogens is 356 g/mol. The molecule has 0 aromatic carbocycles. The third-order valence-electron chi connectivity index (χ3n) is 5.21. The Labute approximate surface area is 164 Å². The molecule has 142 valence electrons. The summed E-state index contributed by atoms with van der Waals surface area (Å²) >= 11 is 1.59. The highest BCUT2D eigenvalue weighted by molar-refractivity contribution is 7.13. The van der Waals surface area contributed by atoms with Gasteiger partial charge in [0, 0.05) is 48.0 Å². The number of hydrogen-bond donors (Lipinski definition) is 1. The maximum absolute atomic E-state index is 4.83. The number of hydrogen-bond acceptors (Lipinski definition) is 6. The fourth-order valence-corrected chi connectivity index (χ4v) is 4.18. The molecule has 1 saturated heterocycles. The van der Waals surface area contributed by atoms with Crippen molar-refractivity contribution in [3.63, 3.8) is 0 Å². The molecule has 0 radical (unpaired) electrons. The summed E-state index contributed by atoms with van der Waals surface area (Å²) in [6.45, 7) is 8.38. The molecule has 0 spiro atoms. The van der Waals surface area contributed by atoms with Crippen LogP contribution in [0.1, 0.15) is 42.6 Å². The van der Waals surface area contributed by atoms with Crippen LogP contribution >= 0.6 is 11.3 Å². The van der Waals surface area contributed by atoms with Crippen LogP contribution in [-0.2, 0) is 13.1 Å². The largest absolute Gasteiger partial charge is 0.316 e. The second-order valence-corrected chi connectivity index (χ2v) is 7.95. The van der Waals surface area contributed by atoms with E-state index in [4.69, 9.17) is 4.98 Å². The standard InChI is InChI=1S/C20H26N6S/c1-3-26-14-17(15(2)24-26)13-25-10-7-16(8-11-25)18-5-4-6-19(22-18)23-20-21-9-12-27-20/h4-6,9,12,14,16H,3,7-8,10-11,13H2,1-2H3,(H,21,22,23). The summed E-state index contributed by atoms with van der Waals surface area (Å²) < 4.78 is 2.03. The van der Waals surface area contributed by atoms with E-state index in [0.29, 0.717) is 5.92 Å². The molecule has 1 N–H and O–H groups in total. The Hall–Kier alpha value is -2.25. The number of aromatic nitrogens is 4. The van der Waals surface area contributed by atoms with E-state index in [2.05, 4.69) is 52.5 Å². The maximum atomic E-state index is 4.83. The van der Waals surface area contributed by atoms with Gasteiger partial charge in [-0.2, -0.15) is 5.10 Å². The molecule has 3 aromatic rings. The van der Waals surface area contributed by atoms with Gasteiger partial charge in [-0.05, 0) is 51.9 Å². The van der Waals surface area contributed by atoms with Gasteiger partial charge < -0.3 is 5.32 Å². The van der Waals surface area contributed by atoms with Crippen LogP contribution in [0.25, 0.3) is 0 Å². The Bertz CT molecular complexity index is 864. The molecule has 0 atom stereocenters. The molecule has 1 aliphatic rings. The molecule has 1 fully saturated rings. The van der Waals surface area contributed by atoms with E-state index in [0.717, 1.165) is 55.7 Å². The van der Waals surface area contributed by atoms with E-state index >= 15 is 0 Å². The van der Waals surface area contributed by atoms with E-state index < -0.39 is 0 Å². The number of likely N-dealkylation sites (tertiary alicyclic amines) is 1. The summed E-state index contributed by atoms with van der Waals surface area (Å²) in [6, 6.07) is 6.25. The average molecular weight is 383 g/mol. The van der Waals surface area contributed by atoms with Crippen LogP contribution in [-0.4, -0.2) is 37.7 Å². The molecule has 0 saturated carbocycles. The number of aryl methyl sites for hydroxylation is 2. The number of rotatable bonds is 6. The van der Waals surface area contributed by atoms with Crippen molar-refractivity contribution in [1.29, 1.82) is 0 Å². The summed E-state index contributed by atoms with van der Waals surface area (Å²) in [7, 11) is 0. The van der Waals surface area contributed by atoms with E-state index in [1.807, 2.05) is 16.1 Å². The van der Waals surface area contributed by atoms with Gasteiger partial charge >= 0.3 is 0 Å². The molecule has 0 amide bonds. The molecule has 0 unspecified atom stereocenters. The first-order valence-electron chi connectivity index (χ1n) is 9.60. The fourth-order valence-electron chi connectivity index (χ4n) is 3.65. The van der Waals surface area contributed by atoms with Crippen LogP contribution in [0.15, 0.2) is 36.0 Å². The molecule has 3 aromatic heterocycles. The molecule has 6 nitrogen and oxygen atoms in total. The maximum Gasteiger partial charge on any atom is 0.188 e. The van der Waals surface area contributed by atoms with Crippen molar-refractivity contribution in [2.24, 2.45) is 0 Å². The Balaban J connectivity index is 1.35. The normalized spacial score (nSPS) is 15.9. The lowest BCUT2D eigenvalue weighted by molar-refractivity contribution is 0.203. The summed E-state index contributed by atoms with van der Waals surface area (Å²) in [4.78, 5) is 11.6. The predicted octanol–water partition coefficient (Wildman–Crippen LogP) is 4.19. The monoisotopic (exact) mass is 382 g/mol. The zero-order chi connectivity index (χ0) is 18.6. The number of thiazole rings is 1. The third kappa shape index (κ3) is 4.36. The summed E-state index contributed by atoms with van der Waals surface area (Å²) in [6.07, 6.45) is 6.29. The van der Waals surface area contributed by atoms with Gasteiger partial charge in [0.25, 0.3) is 0 Å². The molecule has 0 bridgehead atoms. The van der Waals surface area contributed by atoms with Crippen molar-refractivity contribution in [3.8, 4) is 0 Å². The molecule has 7 heteroatoms. The van der Waals surface area contributed by atoms with Gasteiger partial charge in [0.2, 0.25) is 0 Å². The van der Waals surface area contributed by atoms with Crippen LogP contribution in [0.4, 0.5) is 10.9 Å². The van der Waals surface area contributed by atoms with Crippen LogP contribution in [0, 0.1) is 6.92 Å². The minimum Gasteiger partial charge on any atom is -0.316 e. The highest BCUT2D eigenvalue weighted by Gasteiger charge is 2.22. The number of pyridine rings is 1. The average Bonchev–Trinajstić information content (AvgIpc) is 3.32. The highest BCUT2D eigenvalue weighted by atomic mass is 32.1. The molecule has 1 aliphatic heterocycles. The van der Waals surface area contributed by atoms with Crippen molar-refractivity contribution in [2.75, 3.05) is 18.4 Å². The van der Waals surface area contributed by atoms with Crippen molar-refractivity contribution in [3.05, 3.63) is 52.9 Å². The summed E-state index contributed by atoms with van der Waals surface area (Å²) in [5.41, 5.74) is 3.69. The van der Waals surface area contributed by atoms with E-state index in [1.165, 1.54) is 11.3 Å². The lowest BCUT2D eigenvalue weighted by Crippen LogP contribution is -2.32. The van der Waals surface area contributed by atoms with E-state index in [9.17, 15) is 0 Å². The topological polar surface area (TPSA) is 58.9 Å². The van der Waals surface area contributed by atoms with Crippen LogP contribution < -0.4 is 5.32 Å². The van der Waals surface area contributed by atoms with Crippen molar-refractivity contribution >= 4 is 22.3 Å². The zero-order valence-electron chi connectivity index (χ0n) is 15.9. The zero-order valence-corrected chi connectivity index (χ0v) is 16.7. The number of piperidine rings is 1. The Morgan fingerprint density at radius 3 is 2.81 bits per heavy atom. The van der Waals surface area contributed by atoms with Crippen molar-refractivity contribution in [2.45, 2.75) is 45.7 Å². The second kappa shape index (κ2) is 8.19. The van der Waals surface area contributed by atoms with Crippen LogP contribution in [0.5, 0.6) is 0 Å². The van der Waals surface area contributed by atoms with Gasteiger partial charge in [-0.3, -0.25) is 9.58 Å². The first kappa shape index (κ1) is 18.1. The lowest BCUT2D eigenvalue weighted by Gasteiger charge is -2.31. The Morgan fingerprint density at radius 2 is 2.11 bits per heavy atom. The van der Waals surface area contributed by atoms with Gasteiger partial charge in [-0.25, -0.2) is 9.97 Å². The summed E-state index contributed by atoms with van der Waals surface area (Å²) in [5, 5.41) is 10.7. The molecule has 4 heterocycles. The smallest absolute Gasteiger partial charge is 0.188 e. The Kier molecular flexibility index (Phi) is 5.50. The first-order valence-corrected chi connectivity index (χ1v) is 10.5. The lowest BCUT2D eigenvalue weighted by atomic mass is 9.93. The summed E-state index contributed by atoms with van der Waals surface area (Å²) in [5.74, 6) is 1.41. The van der Waals surface area contributed by atoms with E-state index in [-0.39, 0.29) is 0 Å². The minimum absolute atomic E-state index is 0.527. The quantitative estimate of drug-likeness (QED) is 0.693. The van der Waals surface area contributed by atoms with Gasteiger partial charge in [0.1, 0.15) is 5.82 Å². The SMILES string of the molecule is CCn1cc(CN2CCC(c3cccc(Nc4nccs4)n3)CC2)c(C)n1. The van der Waals surface area contributed by atoms with Crippen LogP contribution in [0.2, 0.25) is 0 Å². The number of nitrogens with zero attached hydrogens (tertiary/aromatic N) is 5. The fraction of sp³-hybridized carbons (Fsp3) is 0.450. The Morgan fingerprint density at radius 1 is 1.26 bits per heavy atom. The number of nitrogens with one attached hydrogen (secondary N) is 1. The first-order chi connectivity index (χ1) is 13.2. The predicted molar refractivity (Wildman–Crippen MR) is 110 cm³/mol. The van der Waals surface area contributed by atoms with Crippen LogP contribution in [0.3, 0.4) is 0 Å². The number of anilines is 2. The third-order valence-corrected chi connectivity index (χ3v) is 5.90. The van der Waals surface area contributed by atoms with Gasteiger partial charge in [0.15, 0.2) is 5.13 Å². The van der Waals surface area contributed by atoms with Crippen molar-refractivity contribution < 1.29 is 0 Å². The van der Waals surface area contributed by atoms with E-state index in [1.54, 1.807) is 17.5 Å². The van der Waals surface area contributed by atoms with Gasteiger partial charge in [-0.15, -0.1) is 11.3 Å². The highest BCUT2D eigenvalue weighted by Crippen LogP contribution is 2.29. The molecular formula is C20H26N6S. The van der Waals surface area contributed by atoms with Gasteiger partial charge in [0.05, 0.1) is 5.69 Å². The molecule has 4 rings (SSSR count).